The summed E-state index contributed by atoms with van der Waals surface area (Å²) in [5.74, 6) is 0.296. The minimum Gasteiger partial charge on any atom is -0.438 e. The van der Waals surface area contributed by atoms with Crippen LogP contribution in [-0.4, -0.2) is 48.4 Å². The van der Waals surface area contributed by atoms with Crippen molar-refractivity contribution < 1.29 is 17.9 Å². The summed E-state index contributed by atoms with van der Waals surface area (Å²) in [7, 11) is -4.19. The van der Waals surface area contributed by atoms with Crippen molar-refractivity contribution in [3.05, 3.63) is 89.2 Å². The first-order valence-corrected chi connectivity index (χ1v) is 14.5. The number of halogens is 1. The zero-order valence-corrected chi connectivity index (χ0v) is 23.2. The Morgan fingerprint density at radius 2 is 1.93 bits per heavy atom. The van der Waals surface area contributed by atoms with Gasteiger partial charge in [0.1, 0.15) is 10.6 Å². The van der Waals surface area contributed by atoms with Crippen LogP contribution in [0, 0.1) is 6.92 Å². The smallest absolute Gasteiger partial charge is 0.265 e. The number of benzene rings is 2. The summed E-state index contributed by atoms with van der Waals surface area (Å²) in [4.78, 5) is 26.2. The average molecular weight is 579 g/mol. The number of hydrogen-bond acceptors (Lipinski definition) is 9. The largest absolute Gasteiger partial charge is 0.438 e. The fraction of sp³-hybridized carbons (Fsp3) is 0.214. The van der Waals surface area contributed by atoms with Crippen molar-refractivity contribution in [2.45, 2.75) is 30.7 Å². The second-order valence-corrected chi connectivity index (χ2v) is 11.3. The third kappa shape index (κ3) is 6.39. The van der Waals surface area contributed by atoms with E-state index in [1.165, 1.54) is 30.3 Å². The Balaban J connectivity index is 1.38. The highest BCUT2D eigenvalue weighted by atomic mass is 35.5. The predicted octanol–water partition coefficient (Wildman–Crippen LogP) is 4.58. The van der Waals surface area contributed by atoms with Crippen LogP contribution in [0.25, 0.3) is 11.3 Å². The third-order valence-electron chi connectivity index (χ3n) is 6.34. The molecule has 2 aromatic heterocycles. The molecule has 1 aliphatic heterocycles. The van der Waals surface area contributed by atoms with Gasteiger partial charge < -0.3 is 15.4 Å². The van der Waals surface area contributed by atoms with Crippen molar-refractivity contribution in [3.63, 3.8) is 0 Å². The molecule has 12 heteroatoms. The molecule has 1 saturated heterocycles. The fourth-order valence-corrected chi connectivity index (χ4v) is 5.75. The molecule has 0 aliphatic carbocycles. The quantitative estimate of drug-likeness (QED) is 0.274. The lowest BCUT2D eigenvalue weighted by Gasteiger charge is -2.23. The van der Waals surface area contributed by atoms with Crippen molar-refractivity contribution in [1.29, 1.82) is 0 Å². The van der Waals surface area contributed by atoms with E-state index in [9.17, 15) is 13.2 Å². The number of anilines is 1. The zero-order valence-electron chi connectivity index (χ0n) is 21.6. The van der Waals surface area contributed by atoms with Crippen LogP contribution in [0.4, 0.5) is 5.95 Å². The molecule has 40 heavy (non-hydrogen) atoms. The highest BCUT2D eigenvalue weighted by Gasteiger charge is 2.22. The van der Waals surface area contributed by atoms with Crippen LogP contribution < -0.4 is 20.1 Å². The second kappa shape index (κ2) is 12.0. The van der Waals surface area contributed by atoms with Crippen molar-refractivity contribution >= 4 is 33.5 Å². The lowest BCUT2D eigenvalue weighted by molar-refractivity contribution is 0.0981. The number of rotatable bonds is 8. The van der Waals surface area contributed by atoms with Crippen LogP contribution in [0.5, 0.6) is 11.6 Å². The first-order chi connectivity index (χ1) is 19.3. The summed E-state index contributed by atoms with van der Waals surface area (Å²) >= 11 is 6.03. The molecule has 206 valence electrons. The normalized spacial score (nSPS) is 15.3. The van der Waals surface area contributed by atoms with Crippen LogP contribution in [0.15, 0.2) is 78.0 Å². The molecule has 1 unspecified atom stereocenters. The number of piperidine rings is 1. The summed E-state index contributed by atoms with van der Waals surface area (Å²) in [6, 6.07) is 16.2. The van der Waals surface area contributed by atoms with Crippen LogP contribution >= 0.6 is 11.6 Å². The number of nitrogens with one attached hydrogen (secondary N) is 3. The van der Waals surface area contributed by atoms with E-state index >= 15 is 0 Å². The molecule has 1 aliphatic rings. The number of ether oxygens (including phenoxy) is 1. The molecule has 1 amide bonds. The Hall–Kier alpha value is -4.06. The number of carbonyl (C=O) groups is 1. The average Bonchev–Trinajstić information content (AvgIpc) is 2.95. The fourth-order valence-electron chi connectivity index (χ4n) is 4.26. The number of pyridine rings is 1. The maximum atomic E-state index is 12.9. The van der Waals surface area contributed by atoms with Gasteiger partial charge in [-0.1, -0.05) is 29.8 Å². The molecular formula is C28H27ClN6O4S. The number of aryl methyl sites for hydroxylation is 1. The summed E-state index contributed by atoms with van der Waals surface area (Å²) in [5.41, 5.74) is 2.05. The third-order valence-corrected chi connectivity index (χ3v) is 8.17. The zero-order chi connectivity index (χ0) is 28.1. The maximum absolute atomic E-state index is 12.9. The van der Waals surface area contributed by atoms with E-state index in [1.54, 1.807) is 36.7 Å². The first kappa shape index (κ1) is 27.5. The van der Waals surface area contributed by atoms with Gasteiger partial charge in [-0.3, -0.25) is 4.79 Å². The van der Waals surface area contributed by atoms with Crippen molar-refractivity contribution in [2.75, 3.05) is 18.4 Å². The van der Waals surface area contributed by atoms with E-state index in [0.29, 0.717) is 23.0 Å². The monoisotopic (exact) mass is 578 g/mol. The Kier molecular flexibility index (Phi) is 8.24. The highest BCUT2D eigenvalue weighted by molar-refractivity contribution is 7.90. The van der Waals surface area contributed by atoms with Gasteiger partial charge in [0.15, 0.2) is 0 Å². The number of nitrogens with zero attached hydrogens (tertiary/aromatic N) is 3. The number of hydrogen-bond donors (Lipinski definition) is 3. The molecule has 10 nitrogen and oxygen atoms in total. The highest BCUT2D eigenvalue weighted by Crippen LogP contribution is 2.32. The minimum absolute atomic E-state index is 0.0110. The Morgan fingerprint density at radius 1 is 1.07 bits per heavy atom. The molecule has 5 rings (SSSR count). The van der Waals surface area contributed by atoms with Gasteiger partial charge in [-0.15, -0.1) is 0 Å². The Labute approximate surface area is 237 Å². The SMILES string of the molecule is Cc1ccc(C(=O)NS(=O)(=O)c2ccccc2Cl)cc1Oc1ncccc1-c1ccnc(NC2CCCNC2)n1. The summed E-state index contributed by atoms with van der Waals surface area (Å²) in [6.07, 6.45) is 5.38. The number of amides is 1. The van der Waals surface area contributed by atoms with E-state index in [2.05, 4.69) is 30.3 Å². The van der Waals surface area contributed by atoms with Gasteiger partial charge in [0.2, 0.25) is 11.8 Å². The number of aromatic nitrogens is 3. The van der Waals surface area contributed by atoms with Crippen LogP contribution in [0.2, 0.25) is 5.02 Å². The molecule has 0 spiro atoms. The van der Waals surface area contributed by atoms with Gasteiger partial charge in [0.05, 0.1) is 16.3 Å². The summed E-state index contributed by atoms with van der Waals surface area (Å²) < 4.78 is 33.7. The van der Waals surface area contributed by atoms with Gasteiger partial charge in [0.25, 0.3) is 15.9 Å². The van der Waals surface area contributed by atoms with Gasteiger partial charge in [-0.2, -0.15) is 0 Å². The van der Waals surface area contributed by atoms with Crippen molar-refractivity contribution in [2.24, 2.45) is 0 Å². The predicted molar refractivity (Wildman–Crippen MR) is 152 cm³/mol. The molecule has 2 aromatic carbocycles. The van der Waals surface area contributed by atoms with E-state index in [0.717, 1.165) is 31.5 Å². The van der Waals surface area contributed by atoms with E-state index in [-0.39, 0.29) is 27.4 Å². The Morgan fingerprint density at radius 3 is 2.73 bits per heavy atom. The van der Waals surface area contributed by atoms with Crippen molar-refractivity contribution in [3.8, 4) is 22.9 Å². The summed E-state index contributed by atoms with van der Waals surface area (Å²) in [5, 5.41) is 6.75. The van der Waals surface area contributed by atoms with Crippen LogP contribution in [0.3, 0.4) is 0 Å². The molecular weight excluding hydrogens is 552 g/mol. The summed E-state index contributed by atoms with van der Waals surface area (Å²) in [6.45, 7) is 3.66. The lowest BCUT2D eigenvalue weighted by atomic mass is 10.1. The molecule has 1 atom stereocenters. The van der Waals surface area contributed by atoms with Crippen LogP contribution in [-0.2, 0) is 10.0 Å². The maximum Gasteiger partial charge on any atom is 0.265 e. The molecule has 3 heterocycles. The van der Waals surface area contributed by atoms with Crippen LogP contribution in [0.1, 0.15) is 28.8 Å². The molecule has 0 radical (unpaired) electrons. The molecule has 0 bridgehead atoms. The van der Waals surface area contributed by atoms with Gasteiger partial charge in [-0.05, 0) is 74.3 Å². The van der Waals surface area contributed by atoms with Crippen molar-refractivity contribution in [1.82, 2.24) is 25.0 Å². The van der Waals surface area contributed by atoms with E-state index < -0.39 is 15.9 Å². The van der Waals surface area contributed by atoms with Gasteiger partial charge in [0, 0.05) is 30.5 Å². The van der Waals surface area contributed by atoms with E-state index in [1.807, 2.05) is 13.0 Å². The molecule has 0 saturated carbocycles. The lowest BCUT2D eigenvalue weighted by Crippen LogP contribution is -2.38. The number of sulfonamides is 1. The molecule has 3 N–H and O–H groups in total. The molecule has 4 aromatic rings. The number of carbonyl (C=O) groups excluding carboxylic acids is 1. The standard InChI is InChI=1S/C28H27ClN6O4S/c1-18-10-11-19(26(36)35-40(37,38)25-9-3-2-8-22(25)29)16-24(18)39-27-21(7-5-14-31-27)23-12-15-32-28(34-23)33-20-6-4-13-30-17-20/h2-3,5,7-12,14-16,20,30H,4,6,13,17H2,1H3,(H,35,36)(H,32,33,34). The van der Waals surface area contributed by atoms with Gasteiger partial charge >= 0.3 is 0 Å². The second-order valence-electron chi connectivity index (χ2n) is 9.26. The first-order valence-electron chi connectivity index (χ1n) is 12.7. The van der Waals surface area contributed by atoms with E-state index in [4.69, 9.17) is 16.3 Å². The molecule has 1 fully saturated rings. The van der Waals surface area contributed by atoms with Gasteiger partial charge in [-0.25, -0.2) is 28.1 Å². The topological polar surface area (TPSA) is 135 Å². The Bertz CT molecular complexity index is 1640. The minimum atomic E-state index is -4.19.